The minimum absolute atomic E-state index is 0.513. The Morgan fingerprint density at radius 1 is 1.33 bits per heavy atom. The Bertz CT molecular complexity index is 305. The van der Waals surface area contributed by atoms with Crippen molar-refractivity contribution in [1.82, 2.24) is 10.2 Å². The fraction of sp³-hybridized carbons (Fsp3) is 0.538. The van der Waals surface area contributed by atoms with Crippen LogP contribution in [0.25, 0.3) is 0 Å². The lowest BCUT2D eigenvalue weighted by atomic mass is 10.0. The first-order chi connectivity index (χ1) is 7.29. The summed E-state index contributed by atoms with van der Waals surface area (Å²) in [6.07, 6.45) is 0. The molecule has 1 aliphatic heterocycles. The zero-order chi connectivity index (χ0) is 10.7. The maximum absolute atomic E-state index is 3.58. The van der Waals surface area contributed by atoms with E-state index >= 15 is 0 Å². The van der Waals surface area contributed by atoms with E-state index in [1.807, 2.05) is 0 Å². The van der Waals surface area contributed by atoms with Gasteiger partial charge in [0.25, 0.3) is 0 Å². The molecule has 82 valence electrons. The number of likely N-dealkylation sites (N-methyl/N-ethyl adjacent to an activating group) is 1. The zero-order valence-corrected chi connectivity index (χ0v) is 9.66. The van der Waals surface area contributed by atoms with Gasteiger partial charge in [0.05, 0.1) is 0 Å². The molecule has 1 heterocycles. The second-order valence-electron chi connectivity index (χ2n) is 4.31. The van der Waals surface area contributed by atoms with Crippen LogP contribution in [0.1, 0.15) is 24.1 Å². The number of piperazine rings is 1. The number of aryl methyl sites for hydroxylation is 1. The summed E-state index contributed by atoms with van der Waals surface area (Å²) in [5, 5.41) is 3.58. The summed E-state index contributed by atoms with van der Waals surface area (Å²) in [6, 6.07) is 9.39. The fourth-order valence-corrected chi connectivity index (χ4v) is 2.12. The van der Waals surface area contributed by atoms with Crippen molar-refractivity contribution in [3.05, 3.63) is 35.4 Å². The summed E-state index contributed by atoms with van der Waals surface area (Å²) < 4.78 is 0. The molecule has 2 rings (SSSR count). The molecular weight excluding hydrogens is 184 g/mol. The average molecular weight is 204 g/mol. The van der Waals surface area contributed by atoms with Gasteiger partial charge in [0, 0.05) is 25.7 Å². The third-order valence-electron chi connectivity index (χ3n) is 3.19. The Morgan fingerprint density at radius 2 is 2.07 bits per heavy atom. The molecule has 1 aromatic carbocycles. The molecule has 1 saturated heterocycles. The molecule has 1 aliphatic rings. The summed E-state index contributed by atoms with van der Waals surface area (Å²) in [7, 11) is 0. The molecule has 0 spiro atoms. The summed E-state index contributed by atoms with van der Waals surface area (Å²) in [5.41, 5.74) is 2.75. The predicted molar refractivity (Wildman–Crippen MR) is 64.0 cm³/mol. The molecular formula is C13H20N2. The Kier molecular flexibility index (Phi) is 3.39. The molecule has 0 aliphatic carbocycles. The van der Waals surface area contributed by atoms with Crippen molar-refractivity contribution < 1.29 is 0 Å². The number of hydrogen-bond acceptors (Lipinski definition) is 2. The molecule has 1 atom stereocenters. The van der Waals surface area contributed by atoms with Gasteiger partial charge in [-0.2, -0.15) is 0 Å². The van der Waals surface area contributed by atoms with Gasteiger partial charge in [0.1, 0.15) is 0 Å². The third-order valence-corrected chi connectivity index (χ3v) is 3.19. The Hall–Kier alpha value is -0.860. The van der Waals surface area contributed by atoms with E-state index in [1.165, 1.54) is 17.7 Å². The number of nitrogens with one attached hydrogen (secondary N) is 1. The smallest absolute Gasteiger partial charge is 0.0449 e. The molecule has 0 bridgehead atoms. The van der Waals surface area contributed by atoms with Crippen LogP contribution in [-0.2, 0) is 0 Å². The maximum Gasteiger partial charge on any atom is 0.0449 e. The first-order valence-corrected chi connectivity index (χ1v) is 5.82. The van der Waals surface area contributed by atoms with Gasteiger partial charge >= 0.3 is 0 Å². The summed E-state index contributed by atoms with van der Waals surface area (Å²) in [4.78, 5) is 2.50. The molecule has 1 aromatic rings. The SMILES string of the molecule is CCN1CCNC(c2ccc(C)cc2)C1. The van der Waals surface area contributed by atoms with Crippen LogP contribution in [0.4, 0.5) is 0 Å². The quantitative estimate of drug-likeness (QED) is 0.792. The monoisotopic (exact) mass is 204 g/mol. The molecule has 2 nitrogen and oxygen atoms in total. The van der Waals surface area contributed by atoms with Crippen LogP contribution in [0.15, 0.2) is 24.3 Å². The van der Waals surface area contributed by atoms with E-state index in [2.05, 4.69) is 48.3 Å². The summed E-state index contributed by atoms with van der Waals surface area (Å²) in [6.45, 7) is 8.95. The molecule has 1 N–H and O–H groups in total. The van der Waals surface area contributed by atoms with Gasteiger partial charge in [-0.1, -0.05) is 36.8 Å². The fourth-order valence-electron chi connectivity index (χ4n) is 2.12. The first-order valence-electron chi connectivity index (χ1n) is 5.82. The highest BCUT2D eigenvalue weighted by Crippen LogP contribution is 2.17. The second kappa shape index (κ2) is 4.77. The highest BCUT2D eigenvalue weighted by molar-refractivity contribution is 5.24. The molecule has 1 fully saturated rings. The summed E-state index contributed by atoms with van der Waals surface area (Å²) >= 11 is 0. The van der Waals surface area contributed by atoms with E-state index in [0.29, 0.717) is 6.04 Å². The average Bonchev–Trinajstić information content (AvgIpc) is 2.30. The Morgan fingerprint density at radius 3 is 2.73 bits per heavy atom. The van der Waals surface area contributed by atoms with Crippen molar-refractivity contribution in [3.8, 4) is 0 Å². The number of hydrogen-bond donors (Lipinski definition) is 1. The lowest BCUT2D eigenvalue weighted by molar-refractivity contribution is 0.210. The van der Waals surface area contributed by atoms with Gasteiger partial charge in [-0.15, -0.1) is 0 Å². The molecule has 0 aromatic heterocycles. The van der Waals surface area contributed by atoms with E-state index in [-0.39, 0.29) is 0 Å². The highest BCUT2D eigenvalue weighted by atomic mass is 15.2. The van der Waals surface area contributed by atoms with Gasteiger partial charge < -0.3 is 10.2 Å². The van der Waals surface area contributed by atoms with Crippen molar-refractivity contribution in [2.45, 2.75) is 19.9 Å². The van der Waals surface area contributed by atoms with Crippen LogP contribution < -0.4 is 5.32 Å². The Labute approximate surface area is 92.3 Å². The lowest BCUT2D eigenvalue weighted by Gasteiger charge is -2.33. The van der Waals surface area contributed by atoms with Crippen LogP contribution in [0.5, 0.6) is 0 Å². The molecule has 15 heavy (non-hydrogen) atoms. The van der Waals surface area contributed by atoms with Crippen LogP contribution in [0.3, 0.4) is 0 Å². The standard InChI is InChI=1S/C13H20N2/c1-3-15-9-8-14-13(10-15)12-6-4-11(2)5-7-12/h4-7,13-14H,3,8-10H2,1-2H3. The normalized spacial score (nSPS) is 22.9. The van der Waals surface area contributed by atoms with Gasteiger partial charge in [-0.25, -0.2) is 0 Å². The predicted octanol–water partition coefficient (Wildman–Crippen LogP) is 1.96. The molecule has 2 heteroatoms. The zero-order valence-electron chi connectivity index (χ0n) is 9.66. The molecule has 0 amide bonds. The second-order valence-corrected chi connectivity index (χ2v) is 4.31. The van der Waals surface area contributed by atoms with Crippen molar-refractivity contribution in [1.29, 1.82) is 0 Å². The van der Waals surface area contributed by atoms with E-state index in [9.17, 15) is 0 Å². The topological polar surface area (TPSA) is 15.3 Å². The van der Waals surface area contributed by atoms with Crippen LogP contribution in [0.2, 0.25) is 0 Å². The van der Waals surface area contributed by atoms with Crippen molar-refractivity contribution in [3.63, 3.8) is 0 Å². The molecule has 0 saturated carbocycles. The van der Waals surface area contributed by atoms with Gasteiger partial charge in [-0.05, 0) is 19.0 Å². The molecule has 0 radical (unpaired) electrons. The van der Waals surface area contributed by atoms with Crippen LogP contribution in [-0.4, -0.2) is 31.1 Å². The van der Waals surface area contributed by atoms with Gasteiger partial charge in [0.15, 0.2) is 0 Å². The third kappa shape index (κ3) is 2.58. The highest BCUT2D eigenvalue weighted by Gasteiger charge is 2.18. The minimum Gasteiger partial charge on any atom is -0.308 e. The van der Waals surface area contributed by atoms with E-state index < -0.39 is 0 Å². The van der Waals surface area contributed by atoms with E-state index in [0.717, 1.165) is 19.6 Å². The Balaban J connectivity index is 2.06. The largest absolute Gasteiger partial charge is 0.308 e. The maximum atomic E-state index is 3.58. The van der Waals surface area contributed by atoms with Gasteiger partial charge in [0.2, 0.25) is 0 Å². The van der Waals surface area contributed by atoms with Crippen molar-refractivity contribution >= 4 is 0 Å². The minimum atomic E-state index is 0.513. The molecule has 1 unspecified atom stereocenters. The van der Waals surface area contributed by atoms with Crippen molar-refractivity contribution in [2.24, 2.45) is 0 Å². The van der Waals surface area contributed by atoms with E-state index in [1.54, 1.807) is 0 Å². The number of rotatable bonds is 2. The van der Waals surface area contributed by atoms with Crippen molar-refractivity contribution in [2.75, 3.05) is 26.2 Å². The first kappa shape index (κ1) is 10.7. The van der Waals surface area contributed by atoms with E-state index in [4.69, 9.17) is 0 Å². The van der Waals surface area contributed by atoms with Crippen LogP contribution >= 0.6 is 0 Å². The van der Waals surface area contributed by atoms with Gasteiger partial charge in [-0.3, -0.25) is 0 Å². The number of nitrogens with zero attached hydrogens (tertiary/aromatic N) is 1. The number of benzene rings is 1. The lowest BCUT2D eigenvalue weighted by Crippen LogP contribution is -2.45. The summed E-state index contributed by atoms with van der Waals surface area (Å²) in [5.74, 6) is 0. The van der Waals surface area contributed by atoms with Crippen LogP contribution in [0, 0.1) is 6.92 Å².